The van der Waals surface area contributed by atoms with Crippen LogP contribution < -0.4 is 4.74 Å². The van der Waals surface area contributed by atoms with Crippen molar-refractivity contribution in [2.75, 3.05) is 13.2 Å². The molecule has 0 saturated carbocycles. The molecule has 1 aliphatic carbocycles. The number of hydrogen-bond acceptors (Lipinski definition) is 6. The highest BCUT2D eigenvalue weighted by Crippen LogP contribution is 2.42. The molecule has 0 aliphatic heterocycles. The first-order valence-corrected chi connectivity index (χ1v) is 13.0. The van der Waals surface area contributed by atoms with Crippen LogP contribution in [-0.4, -0.2) is 29.3 Å². The third-order valence-corrected chi connectivity index (χ3v) is 6.64. The summed E-state index contributed by atoms with van der Waals surface area (Å²) in [5.74, 6) is 1.34. The Balaban J connectivity index is 1.51. The molecular weight excluding hydrogens is 478 g/mol. The van der Waals surface area contributed by atoms with Gasteiger partial charge in [-0.1, -0.05) is 72.8 Å². The first kappa shape index (κ1) is 25.5. The fourth-order valence-corrected chi connectivity index (χ4v) is 4.82. The van der Waals surface area contributed by atoms with Gasteiger partial charge in [-0.2, -0.15) is 0 Å². The Morgan fingerprint density at radius 3 is 2.39 bits per heavy atom. The summed E-state index contributed by atoms with van der Waals surface area (Å²) in [6.45, 7) is 1.88. The van der Waals surface area contributed by atoms with Gasteiger partial charge in [0.05, 0.1) is 6.61 Å². The van der Waals surface area contributed by atoms with Crippen molar-refractivity contribution in [3.05, 3.63) is 102 Å². The molecule has 194 valence electrons. The Morgan fingerprint density at radius 2 is 1.66 bits per heavy atom. The lowest BCUT2D eigenvalue weighted by Gasteiger charge is -2.23. The third-order valence-electron chi connectivity index (χ3n) is 6.64. The predicted octanol–water partition coefficient (Wildman–Crippen LogP) is 7.01. The van der Waals surface area contributed by atoms with Gasteiger partial charge in [-0.3, -0.25) is 0 Å². The van der Waals surface area contributed by atoms with Crippen LogP contribution in [0.2, 0.25) is 0 Å². The SMILES string of the molecule is CCOC(=O)COc1cccc(C(O)C2=C(c3nc(-c4ccccc4)c(-c4ccccc4)o3)CCCC2)c1. The molecule has 1 N–H and O–H groups in total. The first-order chi connectivity index (χ1) is 18.6. The maximum atomic E-state index is 11.7. The van der Waals surface area contributed by atoms with Gasteiger partial charge >= 0.3 is 5.97 Å². The number of carbonyl (C=O) groups is 1. The Bertz CT molecular complexity index is 1350. The fourth-order valence-electron chi connectivity index (χ4n) is 4.82. The van der Waals surface area contributed by atoms with Crippen LogP contribution in [0.3, 0.4) is 0 Å². The summed E-state index contributed by atoms with van der Waals surface area (Å²) in [5.41, 5.74) is 5.26. The summed E-state index contributed by atoms with van der Waals surface area (Å²) < 4.78 is 17.0. The zero-order chi connectivity index (χ0) is 26.3. The minimum Gasteiger partial charge on any atom is -0.482 e. The second-order valence-electron chi connectivity index (χ2n) is 9.21. The van der Waals surface area contributed by atoms with Crippen molar-refractivity contribution in [1.82, 2.24) is 4.98 Å². The van der Waals surface area contributed by atoms with Crippen molar-refractivity contribution in [3.8, 4) is 28.3 Å². The van der Waals surface area contributed by atoms with E-state index in [4.69, 9.17) is 18.9 Å². The van der Waals surface area contributed by atoms with Crippen molar-refractivity contribution in [1.29, 1.82) is 0 Å². The van der Waals surface area contributed by atoms with E-state index in [1.807, 2.05) is 72.8 Å². The van der Waals surface area contributed by atoms with Gasteiger partial charge in [0.2, 0.25) is 5.89 Å². The van der Waals surface area contributed by atoms with E-state index in [1.165, 1.54) is 0 Å². The van der Waals surface area contributed by atoms with Gasteiger partial charge in [0, 0.05) is 16.7 Å². The lowest BCUT2D eigenvalue weighted by atomic mass is 9.86. The summed E-state index contributed by atoms with van der Waals surface area (Å²) >= 11 is 0. The van der Waals surface area contributed by atoms with Crippen molar-refractivity contribution in [2.45, 2.75) is 38.7 Å². The van der Waals surface area contributed by atoms with Crippen LogP contribution >= 0.6 is 0 Å². The number of esters is 1. The predicted molar refractivity (Wildman–Crippen MR) is 146 cm³/mol. The van der Waals surface area contributed by atoms with Gasteiger partial charge in [0.15, 0.2) is 12.4 Å². The number of hydrogen-bond donors (Lipinski definition) is 1. The number of nitrogens with zero attached hydrogens (tertiary/aromatic N) is 1. The molecule has 1 aliphatic rings. The van der Waals surface area contributed by atoms with Crippen LogP contribution in [-0.2, 0) is 9.53 Å². The van der Waals surface area contributed by atoms with Gasteiger partial charge in [-0.05, 0) is 55.9 Å². The van der Waals surface area contributed by atoms with Crippen molar-refractivity contribution in [2.24, 2.45) is 0 Å². The van der Waals surface area contributed by atoms with E-state index in [1.54, 1.807) is 19.1 Å². The Labute approximate surface area is 222 Å². The largest absolute Gasteiger partial charge is 0.482 e. The second kappa shape index (κ2) is 11.9. The normalized spacial score (nSPS) is 14.3. The highest BCUT2D eigenvalue weighted by atomic mass is 16.6. The number of allylic oxidation sites excluding steroid dienone is 1. The molecule has 6 heteroatoms. The van der Waals surface area contributed by atoms with E-state index in [2.05, 4.69) is 0 Å². The number of aromatic nitrogens is 1. The van der Waals surface area contributed by atoms with Crippen LogP contribution in [0, 0.1) is 0 Å². The van der Waals surface area contributed by atoms with E-state index in [9.17, 15) is 9.90 Å². The van der Waals surface area contributed by atoms with E-state index in [-0.39, 0.29) is 6.61 Å². The van der Waals surface area contributed by atoms with Crippen molar-refractivity contribution < 1.29 is 23.8 Å². The lowest BCUT2D eigenvalue weighted by molar-refractivity contribution is -0.145. The van der Waals surface area contributed by atoms with E-state index in [0.717, 1.165) is 53.7 Å². The molecule has 0 amide bonds. The van der Waals surface area contributed by atoms with Crippen LogP contribution in [0.4, 0.5) is 0 Å². The monoisotopic (exact) mass is 509 g/mol. The van der Waals surface area contributed by atoms with Gasteiger partial charge in [0.1, 0.15) is 17.5 Å². The summed E-state index contributed by atoms with van der Waals surface area (Å²) in [6, 6.07) is 27.2. The standard InChI is InChI=1S/C32H31NO5/c1-2-36-28(34)21-37-25-17-11-16-24(20-25)30(35)26-18-9-10-19-27(26)32-33-29(22-12-5-3-6-13-22)31(38-32)23-14-7-4-8-15-23/h3-8,11-17,20,30,35H,2,9-10,18-19,21H2,1H3. The molecule has 4 aromatic rings. The zero-order valence-corrected chi connectivity index (χ0v) is 21.4. The maximum Gasteiger partial charge on any atom is 0.344 e. The molecule has 0 spiro atoms. The van der Waals surface area contributed by atoms with Crippen molar-refractivity contribution in [3.63, 3.8) is 0 Å². The molecule has 1 aromatic heterocycles. The second-order valence-corrected chi connectivity index (χ2v) is 9.21. The van der Waals surface area contributed by atoms with Gasteiger partial charge in [-0.25, -0.2) is 9.78 Å². The number of carbonyl (C=O) groups excluding carboxylic acids is 1. The van der Waals surface area contributed by atoms with Crippen LogP contribution in [0.25, 0.3) is 28.2 Å². The minimum absolute atomic E-state index is 0.178. The van der Waals surface area contributed by atoms with Crippen molar-refractivity contribution >= 4 is 11.5 Å². The first-order valence-electron chi connectivity index (χ1n) is 13.0. The molecule has 0 radical (unpaired) electrons. The molecule has 6 nitrogen and oxygen atoms in total. The summed E-state index contributed by atoms with van der Waals surface area (Å²) in [4.78, 5) is 16.7. The quantitative estimate of drug-likeness (QED) is 0.244. The summed E-state index contributed by atoms with van der Waals surface area (Å²) in [5, 5.41) is 11.5. The molecule has 5 rings (SSSR count). The molecular formula is C32H31NO5. The van der Waals surface area contributed by atoms with E-state index < -0.39 is 12.1 Å². The third kappa shape index (κ3) is 5.71. The van der Waals surface area contributed by atoms with Crippen LogP contribution in [0.5, 0.6) is 5.75 Å². The lowest BCUT2D eigenvalue weighted by Crippen LogP contribution is -2.15. The number of benzene rings is 3. The fraction of sp³-hybridized carbons (Fsp3) is 0.250. The number of rotatable bonds is 9. The van der Waals surface area contributed by atoms with Gasteiger partial charge in [0.25, 0.3) is 0 Å². The molecule has 1 unspecified atom stereocenters. The van der Waals surface area contributed by atoms with Gasteiger partial charge < -0.3 is 19.0 Å². The topological polar surface area (TPSA) is 81.8 Å². The van der Waals surface area contributed by atoms with E-state index >= 15 is 0 Å². The molecule has 1 atom stereocenters. The Kier molecular flexibility index (Phi) is 8.00. The number of aliphatic hydroxyl groups excluding tert-OH is 1. The molecule has 0 fully saturated rings. The zero-order valence-electron chi connectivity index (χ0n) is 21.4. The smallest absolute Gasteiger partial charge is 0.344 e. The molecule has 38 heavy (non-hydrogen) atoms. The number of oxazole rings is 1. The molecule has 3 aromatic carbocycles. The highest BCUT2D eigenvalue weighted by Gasteiger charge is 2.27. The average Bonchev–Trinajstić information content (AvgIpc) is 3.42. The molecule has 0 bridgehead atoms. The summed E-state index contributed by atoms with van der Waals surface area (Å²) in [7, 11) is 0. The van der Waals surface area contributed by atoms with Crippen LogP contribution in [0.15, 0.2) is 94.9 Å². The minimum atomic E-state index is -0.844. The average molecular weight is 510 g/mol. The Hall–Kier alpha value is -4.16. The van der Waals surface area contributed by atoms with Crippen LogP contribution in [0.1, 0.15) is 50.2 Å². The molecule has 1 heterocycles. The number of aliphatic hydroxyl groups is 1. The Morgan fingerprint density at radius 1 is 0.947 bits per heavy atom. The maximum absolute atomic E-state index is 11.7. The highest BCUT2D eigenvalue weighted by molar-refractivity contribution is 5.79. The molecule has 0 saturated heterocycles. The summed E-state index contributed by atoms with van der Waals surface area (Å²) in [6.07, 6.45) is 2.65. The van der Waals surface area contributed by atoms with E-state index in [0.29, 0.717) is 29.6 Å². The van der Waals surface area contributed by atoms with Gasteiger partial charge in [-0.15, -0.1) is 0 Å². The number of ether oxygens (including phenoxy) is 2.